The van der Waals surface area contributed by atoms with Crippen LogP contribution < -0.4 is 5.32 Å². The lowest BCUT2D eigenvalue weighted by Gasteiger charge is -2.32. The van der Waals surface area contributed by atoms with Gasteiger partial charge in [-0.25, -0.2) is 8.78 Å². The summed E-state index contributed by atoms with van der Waals surface area (Å²) in [5.74, 6) is 0.771. The topological polar surface area (TPSA) is 57.1 Å². The number of likely N-dealkylation sites (tertiary alicyclic amines) is 1. The lowest BCUT2D eigenvalue weighted by molar-refractivity contribution is 0.0730. The second-order valence-corrected chi connectivity index (χ2v) is 6.77. The summed E-state index contributed by atoms with van der Waals surface area (Å²) in [4.78, 5) is 1.83. The molecule has 1 aromatic carbocycles. The zero-order chi connectivity index (χ0) is 17.9. The third-order valence-corrected chi connectivity index (χ3v) is 4.95. The van der Waals surface area contributed by atoms with Crippen molar-refractivity contribution in [1.82, 2.24) is 20.4 Å². The molecule has 3 heterocycles. The van der Waals surface area contributed by atoms with Crippen molar-refractivity contribution in [1.29, 1.82) is 0 Å². The summed E-state index contributed by atoms with van der Waals surface area (Å²) in [5.41, 5.74) is 2.77. The lowest BCUT2D eigenvalue weighted by atomic mass is 10.0. The molecule has 26 heavy (non-hydrogen) atoms. The fourth-order valence-electron chi connectivity index (χ4n) is 3.53. The second-order valence-electron chi connectivity index (χ2n) is 6.77. The zero-order valence-electron chi connectivity index (χ0n) is 14.4. The number of aromatic nitrogens is 2. The Labute approximate surface area is 150 Å². The monoisotopic (exact) mass is 360 g/mol. The number of rotatable bonds is 6. The molecule has 0 amide bonds. The molecule has 4 rings (SSSR count). The summed E-state index contributed by atoms with van der Waals surface area (Å²) in [6.45, 7) is 1.97. The van der Waals surface area contributed by atoms with Gasteiger partial charge in [-0.3, -0.25) is 10.00 Å². The molecule has 7 heteroatoms. The maximum atomic E-state index is 12.5. The van der Waals surface area contributed by atoms with Crippen LogP contribution in [0.5, 0.6) is 0 Å². The average Bonchev–Trinajstić information content (AvgIpc) is 3.27. The molecule has 2 N–H and O–H groups in total. The average molecular weight is 360 g/mol. The van der Waals surface area contributed by atoms with Gasteiger partial charge in [-0.05, 0) is 38.1 Å². The van der Waals surface area contributed by atoms with Crippen molar-refractivity contribution in [2.24, 2.45) is 0 Å². The predicted octanol–water partition coefficient (Wildman–Crippen LogP) is 3.64. The van der Waals surface area contributed by atoms with E-state index >= 15 is 0 Å². The van der Waals surface area contributed by atoms with Crippen molar-refractivity contribution in [3.8, 4) is 11.5 Å². The molecule has 0 bridgehead atoms. The van der Waals surface area contributed by atoms with Crippen molar-refractivity contribution >= 4 is 11.0 Å². The van der Waals surface area contributed by atoms with Gasteiger partial charge in [0.25, 0.3) is 6.43 Å². The van der Waals surface area contributed by atoms with Crippen LogP contribution in [0.3, 0.4) is 0 Å². The van der Waals surface area contributed by atoms with Gasteiger partial charge in [0.2, 0.25) is 0 Å². The summed E-state index contributed by atoms with van der Waals surface area (Å²) in [6, 6.07) is 10.2. The van der Waals surface area contributed by atoms with Crippen LogP contribution in [0.25, 0.3) is 22.4 Å². The number of piperidine rings is 1. The number of aromatic amines is 1. The molecule has 138 valence electrons. The van der Waals surface area contributed by atoms with E-state index in [1.165, 1.54) is 0 Å². The maximum absolute atomic E-state index is 12.5. The predicted molar refractivity (Wildman–Crippen MR) is 96.1 cm³/mol. The molecule has 0 radical (unpaired) electrons. The van der Waals surface area contributed by atoms with Crippen LogP contribution in [0.15, 0.2) is 40.9 Å². The highest BCUT2D eigenvalue weighted by Crippen LogP contribution is 2.28. The molecule has 0 atom stereocenters. The van der Waals surface area contributed by atoms with E-state index in [0.717, 1.165) is 40.8 Å². The number of benzene rings is 1. The van der Waals surface area contributed by atoms with E-state index in [9.17, 15) is 8.78 Å². The molecule has 0 saturated carbocycles. The van der Waals surface area contributed by atoms with Crippen molar-refractivity contribution in [2.75, 3.05) is 19.6 Å². The number of para-hydroxylation sites is 1. The van der Waals surface area contributed by atoms with Gasteiger partial charge in [0.1, 0.15) is 11.3 Å². The first-order valence-corrected chi connectivity index (χ1v) is 8.94. The van der Waals surface area contributed by atoms with Gasteiger partial charge in [0.05, 0.1) is 12.7 Å². The number of furan rings is 1. The number of fused-ring (bicyclic) bond motifs is 1. The largest absolute Gasteiger partial charge is 0.454 e. The molecule has 1 fully saturated rings. The van der Waals surface area contributed by atoms with Crippen LogP contribution in [-0.2, 0) is 6.54 Å². The van der Waals surface area contributed by atoms with Gasteiger partial charge in [0.15, 0.2) is 5.76 Å². The number of nitrogens with zero attached hydrogens (tertiary/aromatic N) is 2. The SMILES string of the molecule is FC(F)CN1CCC(NCc2cn[nH]c2-c2cc3ccccc3o2)CC1. The molecular weight excluding hydrogens is 338 g/mol. The third kappa shape index (κ3) is 3.78. The standard InChI is InChI=1S/C19H22F2N4O/c20-18(21)12-25-7-5-15(6-8-25)22-10-14-11-23-24-19(14)17-9-13-3-1-2-4-16(13)26-17/h1-4,9,11,15,18,22H,5-8,10,12H2,(H,23,24). The minimum absolute atomic E-state index is 0.120. The first kappa shape index (κ1) is 17.2. The number of nitrogens with one attached hydrogen (secondary N) is 2. The quantitative estimate of drug-likeness (QED) is 0.705. The summed E-state index contributed by atoms with van der Waals surface area (Å²) in [6.07, 6.45) is 1.31. The van der Waals surface area contributed by atoms with Gasteiger partial charge in [-0.1, -0.05) is 18.2 Å². The summed E-state index contributed by atoms with van der Waals surface area (Å²) < 4.78 is 30.8. The number of hydrogen-bond donors (Lipinski definition) is 2. The van der Waals surface area contributed by atoms with Gasteiger partial charge < -0.3 is 9.73 Å². The van der Waals surface area contributed by atoms with Crippen molar-refractivity contribution in [3.05, 3.63) is 42.1 Å². The fourth-order valence-corrected chi connectivity index (χ4v) is 3.53. The van der Waals surface area contributed by atoms with Crippen LogP contribution in [0.4, 0.5) is 8.78 Å². The Balaban J connectivity index is 1.38. The molecular formula is C19H22F2N4O. The zero-order valence-corrected chi connectivity index (χ0v) is 14.4. The first-order valence-electron chi connectivity index (χ1n) is 8.94. The van der Waals surface area contributed by atoms with E-state index in [-0.39, 0.29) is 6.54 Å². The Morgan fingerprint density at radius 1 is 1.27 bits per heavy atom. The molecule has 1 saturated heterocycles. The Morgan fingerprint density at radius 3 is 2.85 bits per heavy atom. The van der Waals surface area contributed by atoms with Crippen LogP contribution >= 0.6 is 0 Å². The fraction of sp³-hybridized carbons (Fsp3) is 0.421. The molecule has 1 aliphatic rings. The third-order valence-electron chi connectivity index (χ3n) is 4.95. The van der Waals surface area contributed by atoms with E-state index in [1.54, 1.807) is 6.20 Å². The molecule has 1 aliphatic heterocycles. The molecule has 5 nitrogen and oxygen atoms in total. The Kier molecular flexibility index (Phi) is 4.99. The van der Waals surface area contributed by atoms with Crippen molar-refractivity contribution < 1.29 is 13.2 Å². The normalized spacial score (nSPS) is 16.7. The summed E-state index contributed by atoms with van der Waals surface area (Å²) >= 11 is 0. The van der Waals surface area contributed by atoms with Gasteiger partial charge >= 0.3 is 0 Å². The Hall–Kier alpha value is -2.25. The number of alkyl halides is 2. The second kappa shape index (κ2) is 7.55. The van der Waals surface area contributed by atoms with Crippen LogP contribution in [0.2, 0.25) is 0 Å². The Morgan fingerprint density at radius 2 is 2.08 bits per heavy atom. The number of halogens is 2. The molecule has 0 aliphatic carbocycles. The Bertz CT molecular complexity index is 819. The van der Waals surface area contributed by atoms with E-state index in [2.05, 4.69) is 15.5 Å². The van der Waals surface area contributed by atoms with E-state index in [4.69, 9.17) is 4.42 Å². The minimum Gasteiger partial charge on any atom is -0.454 e. The van der Waals surface area contributed by atoms with Crippen LogP contribution in [-0.4, -0.2) is 47.2 Å². The highest BCUT2D eigenvalue weighted by atomic mass is 19.3. The molecule has 3 aromatic rings. The van der Waals surface area contributed by atoms with Gasteiger partial charge in [0, 0.05) is 23.5 Å². The maximum Gasteiger partial charge on any atom is 0.251 e. The van der Waals surface area contributed by atoms with Crippen molar-refractivity contribution in [2.45, 2.75) is 31.9 Å². The van der Waals surface area contributed by atoms with E-state index < -0.39 is 6.43 Å². The smallest absolute Gasteiger partial charge is 0.251 e. The summed E-state index contributed by atoms with van der Waals surface area (Å²) in [5, 5.41) is 11.8. The highest BCUT2D eigenvalue weighted by molar-refractivity contribution is 5.82. The first-order chi connectivity index (χ1) is 12.7. The lowest BCUT2D eigenvalue weighted by Crippen LogP contribution is -2.43. The van der Waals surface area contributed by atoms with E-state index in [0.29, 0.717) is 25.7 Å². The van der Waals surface area contributed by atoms with Crippen molar-refractivity contribution in [3.63, 3.8) is 0 Å². The molecule has 0 unspecified atom stereocenters. The van der Waals surface area contributed by atoms with Gasteiger partial charge in [-0.15, -0.1) is 0 Å². The highest BCUT2D eigenvalue weighted by Gasteiger charge is 2.21. The van der Waals surface area contributed by atoms with E-state index in [1.807, 2.05) is 35.2 Å². The minimum atomic E-state index is -2.25. The molecule has 2 aromatic heterocycles. The number of H-pyrrole nitrogens is 1. The summed E-state index contributed by atoms with van der Waals surface area (Å²) in [7, 11) is 0. The molecule has 0 spiro atoms. The number of hydrogen-bond acceptors (Lipinski definition) is 4. The van der Waals surface area contributed by atoms with Gasteiger partial charge in [-0.2, -0.15) is 5.10 Å². The van der Waals surface area contributed by atoms with Crippen LogP contribution in [0, 0.1) is 0 Å². The van der Waals surface area contributed by atoms with Crippen LogP contribution in [0.1, 0.15) is 18.4 Å².